The summed E-state index contributed by atoms with van der Waals surface area (Å²) in [6, 6.07) is 5.37. The maximum Gasteiger partial charge on any atom is 0.262 e. The molecule has 2 aromatic heterocycles. The summed E-state index contributed by atoms with van der Waals surface area (Å²) in [6.45, 7) is 6.30. The second kappa shape index (κ2) is 9.94. The van der Waals surface area contributed by atoms with E-state index in [1.54, 1.807) is 27.2 Å². The number of rotatable bonds is 8. The van der Waals surface area contributed by atoms with Gasteiger partial charge in [-0.3, -0.25) is 23.4 Å². The fraction of sp³-hybridized carbons (Fsp3) is 0.522. The van der Waals surface area contributed by atoms with Crippen LogP contribution in [0.4, 0.5) is 0 Å². The third kappa shape index (κ3) is 4.90. The fourth-order valence-corrected chi connectivity index (χ4v) is 5.03. The Morgan fingerprint density at radius 2 is 1.97 bits per heavy atom. The first kappa shape index (κ1) is 23.3. The maximum atomic E-state index is 13.2. The van der Waals surface area contributed by atoms with Crippen molar-refractivity contribution in [3.8, 4) is 0 Å². The average Bonchev–Trinajstić information content (AvgIpc) is 3.44. The molecular formula is C23H30N6O3S. The Kier molecular flexibility index (Phi) is 7.02. The number of carbonyl (C=O) groups excluding carboxylic acids is 2. The van der Waals surface area contributed by atoms with Crippen molar-refractivity contribution in [2.24, 2.45) is 0 Å². The van der Waals surface area contributed by atoms with E-state index in [0.717, 1.165) is 32.1 Å². The smallest absolute Gasteiger partial charge is 0.262 e. The molecule has 1 aliphatic carbocycles. The van der Waals surface area contributed by atoms with Gasteiger partial charge in [0.25, 0.3) is 11.5 Å². The minimum atomic E-state index is -0.163. The number of nitrogens with one attached hydrogen (secondary N) is 2. The van der Waals surface area contributed by atoms with Gasteiger partial charge in [0.2, 0.25) is 11.7 Å². The molecule has 0 radical (unpaired) electrons. The molecule has 33 heavy (non-hydrogen) atoms. The first-order chi connectivity index (χ1) is 15.9. The van der Waals surface area contributed by atoms with E-state index >= 15 is 0 Å². The van der Waals surface area contributed by atoms with Gasteiger partial charge in [-0.2, -0.15) is 0 Å². The van der Waals surface area contributed by atoms with E-state index < -0.39 is 0 Å². The minimum absolute atomic E-state index is 0.0461. The monoisotopic (exact) mass is 470 g/mol. The van der Waals surface area contributed by atoms with Crippen LogP contribution in [-0.2, 0) is 11.3 Å². The van der Waals surface area contributed by atoms with Gasteiger partial charge in [-0.25, -0.2) is 0 Å². The Hall–Kier alpha value is -2.88. The van der Waals surface area contributed by atoms with Crippen molar-refractivity contribution in [2.45, 2.75) is 76.7 Å². The molecule has 0 unspecified atom stereocenters. The fourth-order valence-electron chi connectivity index (χ4n) is 4.27. The standard InChI is InChI=1S/C23H30N6O3S/c1-4-11-28-21(32)17-10-9-15(20(31)25-16-7-5-6-8-16)12-18(17)29-22(28)26-27-23(29)33-13-19(30)24-14(2)3/h9-10,12,14,16H,4-8,11,13H2,1-3H3,(H,24,30)(H,25,31). The molecule has 2 amide bonds. The van der Waals surface area contributed by atoms with Gasteiger partial charge in [-0.15, -0.1) is 10.2 Å². The lowest BCUT2D eigenvalue weighted by atomic mass is 10.1. The SMILES string of the molecule is CCCn1c(=O)c2ccc(C(=O)NC3CCCC3)cc2n2c(SCC(=O)NC(C)C)nnc12. The van der Waals surface area contributed by atoms with E-state index in [1.165, 1.54) is 11.8 Å². The molecule has 10 heteroatoms. The number of hydrogen-bond donors (Lipinski definition) is 2. The Morgan fingerprint density at radius 1 is 1.21 bits per heavy atom. The number of aryl methyl sites for hydroxylation is 1. The highest BCUT2D eigenvalue weighted by Gasteiger charge is 2.21. The Labute approximate surface area is 196 Å². The zero-order chi connectivity index (χ0) is 23.5. The van der Waals surface area contributed by atoms with Crippen LogP contribution in [-0.4, -0.2) is 48.8 Å². The van der Waals surface area contributed by atoms with Crippen molar-refractivity contribution in [3.05, 3.63) is 34.1 Å². The van der Waals surface area contributed by atoms with Crippen LogP contribution in [0.15, 0.2) is 28.2 Å². The summed E-state index contributed by atoms with van der Waals surface area (Å²) in [5.74, 6) is 0.340. The molecule has 1 saturated carbocycles. The van der Waals surface area contributed by atoms with Crippen molar-refractivity contribution in [1.29, 1.82) is 0 Å². The van der Waals surface area contributed by atoms with Crippen LogP contribution in [0.25, 0.3) is 16.7 Å². The highest BCUT2D eigenvalue weighted by Crippen LogP contribution is 2.23. The third-order valence-electron chi connectivity index (χ3n) is 5.75. The lowest BCUT2D eigenvalue weighted by molar-refractivity contribution is -0.119. The number of benzene rings is 1. The molecule has 0 bridgehead atoms. The highest BCUT2D eigenvalue weighted by molar-refractivity contribution is 7.99. The molecule has 3 aromatic rings. The molecule has 0 spiro atoms. The Balaban J connectivity index is 1.77. The first-order valence-electron chi connectivity index (χ1n) is 11.5. The molecule has 176 valence electrons. The van der Waals surface area contributed by atoms with E-state index in [2.05, 4.69) is 20.8 Å². The zero-order valence-corrected chi connectivity index (χ0v) is 20.1. The van der Waals surface area contributed by atoms with Crippen molar-refractivity contribution >= 4 is 40.3 Å². The molecule has 9 nitrogen and oxygen atoms in total. The molecule has 1 aromatic carbocycles. The predicted molar refractivity (Wildman–Crippen MR) is 129 cm³/mol. The third-order valence-corrected chi connectivity index (χ3v) is 6.68. The topological polar surface area (TPSA) is 110 Å². The molecule has 4 rings (SSSR count). The van der Waals surface area contributed by atoms with Crippen molar-refractivity contribution in [1.82, 2.24) is 29.8 Å². The molecule has 0 atom stereocenters. The van der Waals surface area contributed by atoms with Gasteiger partial charge in [0.05, 0.1) is 16.7 Å². The van der Waals surface area contributed by atoms with E-state index in [-0.39, 0.29) is 35.2 Å². The van der Waals surface area contributed by atoms with E-state index in [9.17, 15) is 14.4 Å². The van der Waals surface area contributed by atoms with E-state index in [1.807, 2.05) is 20.8 Å². The van der Waals surface area contributed by atoms with E-state index in [4.69, 9.17) is 0 Å². The van der Waals surface area contributed by atoms with Crippen LogP contribution < -0.4 is 16.2 Å². The second-order valence-electron chi connectivity index (χ2n) is 8.77. The van der Waals surface area contributed by atoms with Crippen molar-refractivity contribution in [2.75, 3.05) is 5.75 Å². The van der Waals surface area contributed by atoms with Crippen LogP contribution in [0.5, 0.6) is 0 Å². The molecule has 1 aliphatic rings. The summed E-state index contributed by atoms with van der Waals surface area (Å²) in [5, 5.41) is 15.5. The number of aromatic nitrogens is 4. The Bertz CT molecular complexity index is 1240. The minimum Gasteiger partial charge on any atom is -0.353 e. The van der Waals surface area contributed by atoms with Crippen molar-refractivity contribution < 1.29 is 9.59 Å². The number of thioether (sulfide) groups is 1. The lowest BCUT2D eigenvalue weighted by Crippen LogP contribution is -2.32. The van der Waals surface area contributed by atoms with Gasteiger partial charge in [0.1, 0.15) is 0 Å². The summed E-state index contributed by atoms with van der Waals surface area (Å²) in [7, 11) is 0. The zero-order valence-electron chi connectivity index (χ0n) is 19.3. The van der Waals surface area contributed by atoms with Gasteiger partial charge in [-0.1, -0.05) is 31.5 Å². The van der Waals surface area contributed by atoms with Crippen LogP contribution in [0.1, 0.15) is 63.2 Å². The molecule has 0 aliphatic heterocycles. The number of carbonyl (C=O) groups is 2. The number of hydrogen-bond acceptors (Lipinski definition) is 6. The van der Waals surface area contributed by atoms with Crippen molar-refractivity contribution in [3.63, 3.8) is 0 Å². The average molecular weight is 471 g/mol. The molecule has 0 saturated heterocycles. The highest BCUT2D eigenvalue weighted by atomic mass is 32.2. The summed E-state index contributed by atoms with van der Waals surface area (Å²) in [6.07, 6.45) is 5.01. The Morgan fingerprint density at radius 3 is 2.67 bits per heavy atom. The molecule has 2 heterocycles. The summed E-state index contributed by atoms with van der Waals surface area (Å²) >= 11 is 1.26. The maximum absolute atomic E-state index is 13.2. The van der Waals surface area contributed by atoms with Crippen LogP contribution >= 0.6 is 11.8 Å². The first-order valence-corrected chi connectivity index (χ1v) is 12.5. The summed E-state index contributed by atoms with van der Waals surface area (Å²) in [4.78, 5) is 38.3. The number of amides is 2. The van der Waals surface area contributed by atoms with Gasteiger partial charge in [0.15, 0.2) is 5.16 Å². The molecule has 1 fully saturated rings. The molecule has 2 N–H and O–H groups in total. The second-order valence-corrected chi connectivity index (χ2v) is 9.71. The largest absolute Gasteiger partial charge is 0.353 e. The number of fused-ring (bicyclic) bond motifs is 3. The quantitative estimate of drug-likeness (QED) is 0.490. The van der Waals surface area contributed by atoms with Gasteiger partial charge < -0.3 is 10.6 Å². The molecular weight excluding hydrogens is 440 g/mol. The van der Waals surface area contributed by atoms with E-state index in [0.29, 0.717) is 33.9 Å². The van der Waals surface area contributed by atoms with Gasteiger partial charge >= 0.3 is 0 Å². The van der Waals surface area contributed by atoms with Crippen LogP contribution in [0, 0.1) is 0 Å². The summed E-state index contributed by atoms with van der Waals surface area (Å²) in [5.41, 5.74) is 0.896. The van der Waals surface area contributed by atoms with Crippen LogP contribution in [0.3, 0.4) is 0 Å². The van der Waals surface area contributed by atoms with Crippen LogP contribution in [0.2, 0.25) is 0 Å². The van der Waals surface area contributed by atoms with Gasteiger partial charge in [-0.05, 0) is 51.3 Å². The number of nitrogens with zero attached hydrogens (tertiary/aromatic N) is 4. The predicted octanol–water partition coefficient (Wildman–Crippen LogP) is 2.74. The lowest BCUT2D eigenvalue weighted by Gasteiger charge is -2.14. The van der Waals surface area contributed by atoms with Gasteiger partial charge in [0, 0.05) is 24.2 Å². The summed E-state index contributed by atoms with van der Waals surface area (Å²) < 4.78 is 3.39. The normalized spacial score (nSPS) is 14.4.